The van der Waals surface area contributed by atoms with Gasteiger partial charge in [0.1, 0.15) is 17.6 Å². The van der Waals surface area contributed by atoms with Crippen molar-refractivity contribution in [1.82, 2.24) is 20.1 Å². The topological polar surface area (TPSA) is 84.0 Å². The lowest BCUT2D eigenvalue weighted by atomic mass is 9.86. The Morgan fingerprint density at radius 1 is 1.14 bits per heavy atom. The highest BCUT2D eigenvalue weighted by atomic mass is 16.5. The number of methoxy groups -OCH3 is 2. The number of hydrogen-bond acceptors (Lipinski definition) is 6. The average molecular weight is 491 g/mol. The standard InChI is InChI=1S/C28H34N4O4/c1-35-17-16-32(27(34)30-19-22-6-3-10-25(18-22)36-2)28(21-33)11-14-31(15-12-28)20-24-8-4-7-23-9-5-13-29-26(23)24/h3-10,13,18,21H,11-12,14-17,19-20H2,1-2H3,(H,30,34). The lowest BCUT2D eigenvalue weighted by Crippen LogP contribution is -2.61. The van der Waals surface area contributed by atoms with E-state index < -0.39 is 5.54 Å². The highest BCUT2D eigenvalue weighted by Crippen LogP contribution is 2.29. The number of likely N-dealkylation sites (tertiary alicyclic amines) is 1. The third-order valence-corrected chi connectivity index (χ3v) is 6.93. The minimum atomic E-state index is -0.871. The Hall–Kier alpha value is -3.49. The maximum absolute atomic E-state index is 13.3. The zero-order valence-electron chi connectivity index (χ0n) is 21.0. The Morgan fingerprint density at radius 2 is 1.92 bits per heavy atom. The van der Waals surface area contributed by atoms with E-state index in [1.165, 1.54) is 5.56 Å². The van der Waals surface area contributed by atoms with Crippen LogP contribution in [0.1, 0.15) is 24.0 Å². The number of amides is 2. The summed E-state index contributed by atoms with van der Waals surface area (Å²) in [6.45, 7) is 3.20. The number of para-hydroxylation sites is 1. The molecular formula is C28H34N4O4. The molecule has 2 amide bonds. The first-order chi connectivity index (χ1) is 17.6. The SMILES string of the molecule is COCCN(C(=O)NCc1cccc(OC)c1)C1(C=O)CCN(Cc2cccc3cccnc23)CC1. The number of fused-ring (bicyclic) bond motifs is 1. The molecule has 0 spiro atoms. The Kier molecular flexibility index (Phi) is 8.51. The third-order valence-electron chi connectivity index (χ3n) is 6.93. The van der Waals surface area contributed by atoms with Gasteiger partial charge in [0.15, 0.2) is 0 Å². The van der Waals surface area contributed by atoms with Crippen molar-refractivity contribution in [2.24, 2.45) is 0 Å². The molecule has 2 aromatic carbocycles. The van der Waals surface area contributed by atoms with E-state index in [-0.39, 0.29) is 6.03 Å². The molecule has 0 saturated carbocycles. The second-order valence-electron chi connectivity index (χ2n) is 9.14. The Balaban J connectivity index is 1.43. The van der Waals surface area contributed by atoms with Crippen molar-refractivity contribution in [2.75, 3.05) is 40.5 Å². The van der Waals surface area contributed by atoms with Gasteiger partial charge >= 0.3 is 6.03 Å². The van der Waals surface area contributed by atoms with E-state index in [4.69, 9.17) is 9.47 Å². The quantitative estimate of drug-likeness (QED) is 0.437. The smallest absolute Gasteiger partial charge is 0.318 e. The van der Waals surface area contributed by atoms with Gasteiger partial charge in [0.2, 0.25) is 0 Å². The number of aldehydes is 1. The summed E-state index contributed by atoms with van der Waals surface area (Å²) in [7, 11) is 3.21. The van der Waals surface area contributed by atoms with Gasteiger partial charge in [-0.2, -0.15) is 0 Å². The van der Waals surface area contributed by atoms with Gasteiger partial charge in [-0.25, -0.2) is 4.79 Å². The molecule has 36 heavy (non-hydrogen) atoms. The maximum atomic E-state index is 13.3. The normalized spacial score (nSPS) is 15.4. The molecule has 8 nitrogen and oxygen atoms in total. The van der Waals surface area contributed by atoms with Crippen molar-refractivity contribution in [2.45, 2.75) is 31.5 Å². The first kappa shape index (κ1) is 25.6. The lowest BCUT2D eigenvalue weighted by Gasteiger charge is -2.45. The fourth-order valence-electron chi connectivity index (χ4n) is 4.85. The second-order valence-corrected chi connectivity index (χ2v) is 9.14. The molecule has 0 bridgehead atoms. The number of ether oxygens (including phenoxy) is 2. The summed E-state index contributed by atoms with van der Waals surface area (Å²) in [4.78, 5) is 34.3. The number of aromatic nitrogens is 1. The lowest BCUT2D eigenvalue weighted by molar-refractivity contribution is -0.120. The summed E-state index contributed by atoms with van der Waals surface area (Å²) in [5.41, 5.74) is 2.22. The molecule has 4 rings (SSSR count). The first-order valence-corrected chi connectivity index (χ1v) is 12.3. The molecule has 3 aromatic rings. The van der Waals surface area contributed by atoms with Crippen LogP contribution in [0.2, 0.25) is 0 Å². The molecule has 0 atom stereocenters. The van der Waals surface area contributed by atoms with Crippen molar-refractivity contribution in [3.05, 3.63) is 71.9 Å². The van der Waals surface area contributed by atoms with Crippen molar-refractivity contribution in [3.8, 4) is 5.75 Å². The maximum Gasteiger partial charge on any atom is 0.318 e. The van der Waals surface area contributed by atoms with Gasteiger partial charge in [0.25, 0.3) is 0 Å². The van der Waals surface area contributed by atoms with E-state index >= 15 is 0 Å². The number of rotatable bonds is 10. The van der Waals surface area contributed by atoms with Crippen molar-refractivity contribution in [1.29, 1.82) is 0 Å². The third kappa shape index (κ3) is 5.83. The minimum absolute atomic E-state index is 0.270. The van der Waals surface area contributed by atoms with Crippen molar-refractivity contribution < 1.29 is 19.1 Å². The zero-order chi connectivity index (χ0) is 25.4. The van der Waals surface area contributed by atoms with E-state index in [0.717, 1.165) is 35.0 Å². The highest BCUT2D eigenvalue weighted by molar-refractivity contribution is 5.82. The monoisotopic (exact) mass is 490 g/mol. The zero-order valence-corrected chi connectivity index (χ0v) is 21.0. The second kappa shape index (κ2) is 12.0. The number of carbonyl (C=O) groups is 2. The Morgan fingerprint density at radius 3 is 2.67 bits per heavy atom. The van der Waals surface area contributed by atoms with Gasteiger partial charge in [-0.15, -0.1) is 0 Å². The van der Waals surface area contributed by atoms with Crippen molar-refractivity contribution >= 4 is 23.2 Å². The van der Waals surface area contributed by atoms with Gasteiger partial charge < -0.3 is 24.5 Å². The number of pyridine rings is 1. The van der Waals surface area contributed by atoms with Gasteiger partial charge in [0.05, 0.1) is 19.2 Å². The number of benzene rings is 2. The average Bonchev–Trinajstić information content (AvgIpc) is 2.93. The van der Waals surface area contributed by atoms with Gasteiger partial charge in [-0.1, -0.05) is 36.4 Å². The van der Waals surface area contributed by atoms with E-state index in [9.17, 15) is 9.59 Å². The van der Waals surface area contributed by atoms with Crippen LogP contribution in [0.3, 0.4) is 0 Å². The van der Waals surface area contributed by atoms with Crippen LogP contribution in [0.4, 0.5) is 4.79 Å². The molecule has 1 fully saturated rings. The molecule has 0 radical (unpaired) electrons. The molecule has 0 unspecified atom stereocenters. The predicted molar refractivity (Wildman–Crippen MR) is 139 cm³/mol. The summed E-state index contributed by atoms with van der Waals surface area (Å²) in [6.07, 6.45) is 3.89. The van der Waals surface area contributed by atoms with Crippen LogP contribution in [0.5, 0.6) is 5.75 Å². The van der Waals surface area contributed by atoms with Crippen LogP contribution in [0.15, 0.2) is 60.8 Å². The largest absolute Gasteiger partial charge is 0.497 e. The number of nitrogens with zero attached hydrogens (tertiary/aromatic N) is 3. The summed E-state index contributed by atoms with van der Waals surface area (Å²) >= 11 is 0. The molecule has 8 heteroatoms. The van der Waals surface area contributed by atoms with Crippen LogP contribution in [0, 0.1) is 0 Å². The Bertz CT molecular complexity index is 1170. The summed E-state index contributed by atoms with van der Waals surface area (Å²) in [6, 6.07) is 17.5. The summed E-state index contributed by atoms with van der Waals surface area (Å²) in [5, 5.41) is 4.10. The number of nitrogens with one attached hydrogen (secondary N) is 1. The summed E-state index contributed by atoms with van der Waals surface area (Å²) in [5.74, 6) is 0.733. The van der Waals surface area contributed by atoms with Gasteiger partial charge in [0, 0.05) is 51.4 Å². The molecule has 2 heterocycles. The van der Waals surface area contributed by atoms with E-state index in [2.05, 4.69) is 39.5 Å². The van der Waals surface area contributed by atoms with Gasteiger partial charge in [-0.05, 0) is 42.2 Å². The Labute approximate surface area is 212 Å². The predicted octanol–water partition coefficient (Wildman–Crippen LogP) is 3.64. The highest BCUT2D eigenvalue weighted by Gasteiger charge is 2.42. The molecular weight excluding hydrogens is 456 g/mol. The van der Waals surface area contributed by atoms with E-state index in [0.29, 0.717) is 45.6 Å². The number of carbonyl (C=O) groups excluding carboxylic acids is 2. The van der Waals surface area contributed by atoms with E-state index in [1.54, 1.807) is 19.1 Å². The van der Waals surface area contributed by atoms with Crippen molar-refractivity contribution in [3.63, 3.8) is 0 Å². The molecule has 1 aliphatic rings. The molecule has 1 aromatic heterocycles. The molecule has 1 aliphatic heterocycles. The fourth-order valence-corrected chi connectivity index (χ4v) is 4.85. The fraction of sp³-hybridized carbons (Fsp3) is 0.393. The molecule has 0 aliphatic carbocycles. The number of hydrogen-bond donors (Lipinski definition) is 1. The van der Waals surface area contributed by atoms with Crippen LogP contribution in [-0.2, 0) is 22.6 Å². The molecule has 1 N–H and O–H groups in total. The first-order valence-electron chi connectivity index (χ1n) is 12.3. The van der Waals surface area contributed by atoms with Crippen LogP contribution in [-0.4, -0.2) is 73.1 Å². The van der Waals surface area contributed by atoms with Gasteiger partial charge in [-0.3, -0.25) is 9.88 Å². The molecule has 1 saturated heterocycles. The van der Waals surface area contributed by atoms with E-state index in [1.807, 2.05) is 36.5 Å². The molecule has 190 valence electrons. The number of urea groups is 1. The summed E-state index contributed by atoms with van der Waals surface area (Å²) < 4.78 is 10.5. The van der Waals surface area contributed by atoms with Crippen LogP contribution in [0.25, 0.3) is 10.9 Å². The minimum Gasteiger partial charge on any atom is -0.497 e. The van der Waals surface area contributed by atoms with Crippen LogP contribution >= 0.6 is 0 Å². The number of piperidine rings is 1. The van der Waals surface area contributed by atoms with Crippen LogP contribution < -0.4 is 10.1 Å².